The zero-order valence-corrected chi connectivity index (χ0v) is 9.46. The molecule has 4 heteroatoms. The van der Waals surface area contributed by atoms with E-state index in [1.54, 1.807) is 13.0 Å². The molecule has 0 saturated heterocycles. The van der Waals surface area contributed by atoms with Crippen LogP contribution in [0.4, 0.5) is 0 Å². The summed E-state index contributed by atoms with van der Waals surface area (Å²) < 4.78 is 10.6. The van der Waals surface area contributed by atoms with Crippen LogP contribution in [-0.2, 0) is 11.3 Å². The Morgan fingerprint density at radius 1 is 1.53 bits per heavy atom. The summed E-state index contributed by atoms with van der Waals surface area (Å²) in [4.78, 5) is 10.7. The van der Waals surface area contributed by atoms with E-state index in [1.807, 2.05) is 20.8 Å². The Morgan fingerprint density at radius 2 is 2.13 bits per heavy atom. The van der Waals surface area contributed by atoms with Crippen LogP contribution in [-0.4, -0.2) is 16.7 Å². The van der Waals surface area contributed by atoms with Gasteiger partial charge in [0.1, 0.15) is 12.4 Å². The molecular weight excluding hydrogens is 196 g/mol. The Morgan fingerprint density at radius 3 is 2.53 bits per heavy atom. The molecule has 0 aliphatic heterocycles. The predicted molar refractivity (Wildman–Crippen MR) is 54.9 cm³/mol. The Labute approximate surface area is 88.8 Å². The standard InChI is InChI=1S/C11H16O4/c1-7-5-8(6-14-11(2,3)4)15-9(7)10(12)13/h5H,6H2,1-4H3,(H,12,13). The number of rotatable bonds is 3. The number of aromatic carboxylic acids is 1. The molecule has 15 heavy (non-hydrogen) atoms. The summed E-state index contributed by atoms with van der Waals surface area (Å²) >= 11 is 0. The fraction of sp³-hybridized carbons (Fsp3) is 0.545. The van der Waals surface area contributed by atoms with E-state index in [0.717, 1.165) is 0 Å². The zero-order valence-electron chi connectivity index (χ0n) is 9.46. The van der Waals surface area contributed by atoms with E-state index in [2.05, 4.69) is 0 Å². The largest absolute Gasteiger partial charge is 0.475 e. The van der Waals surface area contributed by atoms with Gasteiger partial charge in [-0.15, -0.1) is 0 Å². The Hall–Kier alpha value is -1.29. The number of carbonyl (C=O) groups is 1. The summed E-state index contributed by atoms with van der Waals surface area (Å²) in [6, 6.07) is 1.69. The van der Waals surface area contributed by atoms with Crippen molar-refractivity contribution in [3.63, 3.8) is 0 Å². The normalized spacial score (nSPS) is 11.7. The van der Waals surface area contributed by atoms with Crippen LogP contribution < -0.4 is 0 Å². The van der Waals surface area contributed by atoms with Crippen molar-refractivity contribution in [2.75, 3.05) is 0 Å². The summed E-state index contributed by atoms with van der Waals surface area (Å²) in [5.74, 6) is -0.517. The van der Waals surface area contributed by atoms with E-state index in [4.69, 9.17) is 14.3 Å². The monoisotopic (exact) mass is 212 g/mol. The highest BCUT2D eigenvalue weighted by Gasteiger charge is 2.16. The molecule has 1 heterocycles. The van der Waals surface area contributed by atoms with Crippen molar-refractivity contribution in [2.24, 2.45) is 0 Å². The second-order valence-corrected chi connectivity index (χ2v) is 4.43. The van der Waals surface area contributed by atoms with Crippen LogP contribution in [0, 0.1) is 6.92 Å². The van der Waals surface area contributed by atoms with Gasteiger partial charge in [-0.05, 0) is 33.8 Å². The van der Waals surface area contributed by atoms with Gasteiger partial charge in [0.25, 0.3) is 0 Å². The third-order valence-electron chi connectivity index (χ3n) is 1.81. The molecule has 0 unspecified atom stereocenters. The molecule has 0 aliphatic carbocycles. The maximum Gasteiger partial charge on any atom is 0.372 e. The third kappa shape index (κ3) is 3.40. The van der Waals surface area contributed by atoms with E-state index in [0.29, 0.717) is 11.3 Å². The van der Waals surface area contributed by atoms with E-state index in [-0.39, 0.29) is 18.0 Å². The molecule has 0 aliphatic rings. The number of aryl methyl sites for hydroxylation is 1. The predicted octanol–water partition coefficient (Wildman–Crippen LogP) is 2.60. The fourth-order valence-corrected chi connectivity index (χ4v) is 1.12. The lowest BCUT2D eigenvalue weighted by molar-refractivity contribution is -0.0227. The maximum atomic E-state index is 10.7. The van der Waals surface area contributed by atoms with Gasteiger partial charge in [0.15, 0.2) is 0 Å². The highest BCUT2D eigenvalue weighted by Crippen LogP contribution is 2.18. The zero-order chi connectivity index (χ0) is 11.6. The van der Waals surface area contributed by atoms with E-state index >= 15 is 0 Å². The Kier molecular flexibility index (Phi) is 3.19. The molecule has 0 saturated carbocycles. The molecular formula is C11H16O4. The molecule has 0 spiro atoms. The maximum absolute atomic E-state index is 10.7. The number of ether oxygens (including phenoxy) is 1. The van der Waals surface area contributed by atoms with Gasteiger partial charge in [-0.25, -0.2) is 4.79 Å². The minimum atomic E-state index is -1.05. The van der Waals surface area contributed by atoms with Crippen molar-refractivity contribution in [3.8, 4) is 0 Å². The molecule has 0 amide bonds. The molecule has 0 radical (unpaired) electrons. The van der Waals surface area contributed by atoms with Crippen LogP contribution in [0.15, 0.2) is 10.5 Å². The van der Waals surface area contributed by atoms with Crippen molar-refractivity contribution < 1.29 is 19.1 Å². The first-order valence-electron chi connectivity index (χ1n) is 4.76. The second kappa shape index (κ2) is 4.06. The quantitative estimate of drug-likeness (QED) is 0.836. The molecule has 0 aromatic carbocycles. The van der Waals surface area contributed by atoms with Gasteiger partial charge >= 0.3 is 5.97 Å². The van der Waals surface area contributed by atoms with Gasteiger partial charge in [0.2, 0.25) is 5.76 Å². The summed E-state index contributed by atoms with van der Waals surface area (Å²) in [5.41, 5.74) is 0.361. The number of carboxylic acids is 1. The average molecular weight is 212 g/mol. The fourth-order valence-electron chi connectivity index (χ4n) is 1.12. The molecule has 0 fully saturated rings. The van der Waals surface area contributed by atoms with Crippen molar-refractivity contribution in [3.05, 3.63) is 23.2 Å². The molecule has 4 nitrogen and oxygen atoms in total. The van der Waals surface area contributed by atoms with Gasteiger partial charge in [0.05, 0.1) is 5.60 Å². The van der Waals surface area contributed by atoms with Crippen molar-refractivity contribution in [1.82, 2.24) is 0 Å². The van der Waals surface area contributed by atoms with Crippen LogP contribution >= 0.6 is 0 Å². The second-order valence-electron chi connectivity index (χ2n) is 4.43. The molecule has 1 N–H and O–H groups in total. The van der Waals surface area contributed by atoms with Gasteiger partial charge < -0.3 is 14.3 Å². The van der Waals surface area contributed by atoms with Gasteiger partial charge in [-0.2, -0.15) is 0 Å². The highest BCUT2D eigenvalue weighted by atomic mass is 16.5. The SMILES string of the molecule is Cc1cc(COC(C)(C)C)oc1C(=O)O. The van der Waals surface area contributed by atoms with Crippen LogP contribution in [0.25, 0.3) is 0 Å². The molecule has 1 aromatic heterocycles. The van der Waals surface area contributed by atoms with Gasteiger partial charge in [-0.3, -0.25) is 0 Å². The Bertz CT molecular complexity index is 357. The smallest absolute Gasteiger partial charge is 0.372 e. The van der Waals surface area contributed by atoms with Crippen molar-refractivity contribution in [1.29, 1.82) is 0 Å². The molecule has 84 valence electrons. The van der Waals surface area contributed by atoms with Crippen molar-refractivity contribution in [2.45, 2.75) is 39.9 Å². The number of hydrogen-bond acceptors (Lipinski definition) is 3. The topological polar surface area (TPSA) is 59.7 Å². The van der Waals surface area contributed by atoms with E-state index in [1.165, 1.54) is 0 Å². The summed E-state index contributed by atoms with van der Waals surface area (Å²) in [7, 11) is 0. The summed E-state index contributed by atoms with van der Waals surface area (Å²) in [5, 5.41) is 8.77. The molecule has 1 aromatic rings. The first kappa shape index (κ1) is 11.8. The lowest BCUT2D eigenvalue weighted by atomic mass is 10.2. The lowest BCUT2D eigenvalue weighted by Gasteiger charge is -2.18. The van der Waals surface area contributed by atoms with E-state index < -0.39 is 5.97 Å². The van der Waals surface area contributed by atoms with Crippen LogP contribution in [0.3, 0.4) is 0 Å². The van der Waals surface area contributed by atoms with Crippen LogP contribution in [0.2, 0.25) is 0 Å². The summed E-state index contributed by atoms with van der Waals surface area (Å²) in [6.45, 7) is 7.79. The first-order valence-corrected chi connectivity index (χ1v) is 4.76. The van der Waals surface area contributed by atoms with Crippen LogP contribution in [0.1, 0.15) is 42.6 Å². The van der Waals surface area contributed by atoms with Crippen LogP contribution in [0.5, 0.6) is 0 Å². The van der Waals surface area contributed by atoms with Gasteiger partial charge in [-0.1, -0.05) is 0 Å². The number of furan rings is 1. The lowest BCUT2D eigenvalue weighted by Crippen LogP contribution is -2.18. The minimum absolute atomic E-state index is 0.0116. The number of carboxylic acid groups (broad SMARTS) is 1. The van der Waals surface area contributed by atoms with Crippen molar-refractivity contribution >= 4 is 5.97 Å². The first-order chi connectivity index (χ1) is 6.79. The van der Waals surface area contributed by atoms with E-state index in [9.17, 15) is 4.79 Å². The molecule has 0 bridgehead atoms. The highest BCUT2D eigenvalue weighted by molar-refractivity contribution is 5.86. The summed E-state index contributed by atoms with van der Waals surface area (Å²) in [6.07, 6.45) is 0. The average Bonchev–Trinajstić information content (AvgIpc) is 2.42. The number of hydrogen-bond donors (Lipinski definition) is 1. The molecule has 1 rings (SSSR count). The molecule has 0 atom stereocenters. The minimum Gasteiger partial charge on any atom is -0.475 e. The third-order valence-corrected chi connectivity index (χ3v) is 1.81. The Balaban J connectivity index is 2.72. The van der Waals surface area contributed by atoms with Gasteiger partial charge in [0, 0.05) is 5.56 Å².